The molecule has 0 amide bonds. The summed E-state index contributed by atoms with van der Waals surface area (Å²) in [5.41, 5.74) is 1.68. The van der Waals surface area contributed by atoms with Crippen molar-refractivity contribution >= 4 is 15.9 Å². The van der Waals surface area contributed by atoms with Gasteiger partial charge in [-0.2, -0.15) is 5.26 Å². The third-order valence-electron chi connectivity index (χ3n) is 2.38. The first-order valence-corrected chi connectivity index (χ1v) is 5.93. The molecular weight excluding hydrogens is 278 g/mol. The summed E-state index contributed by atoms with van der Waals surface area (Å²) in [4.78, 5) is 0. The molecule has 2 nitrogen and oxygen atoms in total. The summed E-state index contributed by atoms with van der Waals surface area (Å²) in [7, 11) is 0. The molecule has 0 heterocycles. The van der Waals surface area contributed by atoms with E-state index in [2.05, 4.69) is 22.0 Å². The van der Waals surface area contributed by atoms with Gasteiger partial charge in [-0.25, -0.2) is 0 Å². The van der Waals surface area contributed by atoms with E-state index in [1.807, 2.05) is 31.2 Å². The maximum absolute atomic E-state index is 8.82. The van der Waals surface area contributed by atoms with Crippen LogP contribution in [0.4, 0.5) is 0 Å². The van der Waals surface area contributed by atoms with Gasteiger partial charge in [0.15, 0.2) is 0 Å². The van der Waals surface area contributed by atoms with Gasteiger partial charge in [0.25, 0.3) is 0 Å². The van der Waals surface area contributed by atoms with Crippen LogP contribution in [0.1, 0.15) is 11.1 Å². The van der Waals surface area contributed by atoms with Gasteiger partial charge >= 0.3 is 0 Å². The number of benzene rings is 2. The fraction of sp³-hybridized carbons (Fsp3) is 0.0714. The fourth-order valence-corrected chi connectivity index (χ4v) is 1.89. The highest BCUT2D eigenvalue weighted by atomic mass is 79.9. The summed E-state index contributed by atoms with van der Waals surface area (Å²) in [5, 5.41) is 8.82. The first-order chi connectivity index (χ1) is 8.20. The van der Waals surface area contributed by atoms with Crippen LogP contribution < -0.4 is 4.74 Å². The van der Waals surface area contributed by atoms with E-state index in [9.17, 15) is 0 Å². The molecule has 0 bridgehead atoms. The van der Waals surface area contributed by atoms with Crippen molar-refractivity contribution in [3.05, 3.63) is 58.1 Å². The number of nitrogens with zero attached hydrogens (tertiary/aromatic N) is 1. The average molecular weight is 288 g/mol. The van der Waals surface area contributed by atoms with E-state index in [-0.39, 0.29) is 0 Å². The van der Waals surface area contributed by atoms with E-state index < -0.39 is 0 Å². The Hall–Kier alpha value is -1.79. The van der Waals surface area contributed by atoms with Gasteiger partial charge in [-0.3, -0.25) is 0 Å². The molecule has 2 rings (SSSR count). The quantitative estimate of drug-likeness (QED) is 0.819. The Balaban J connectivity index is 2.29. The van der Waals surface area contributed by atoms with Crippen molar-refractivity contribution < 1.29 is 4.74 Å². The third-order valence-corrected chi connectivity index (χ3v) is 3.04. The minimum atomic E-state index is 0.599. The first-order valence-electron chi connectivity index (χ1n) is 5.14. The molecule has 3 heteroatoms. The van der Waals surface area contributed by atoms with E-state index in [0.717, 1.165) is 15.8 Å². The van der Waals surface area contributed by atoms with Crippen molar-refractivity contribution in [2.45, 2.75) is 6.92 Å². The third kappa shape index (κ3) is 2.66. The molecule has 0 saturated heterocycles. The smallest absolute Gasteiger partial charge is 0.130 e. The minimum absolute atomic E-state index is 0.599. The van der Waals surface area contributed by atoms with Gasteiger partial charge in [-0.05, 0) is 52.7 Å². The number of nitriles is 1. The average Bonchev–Trinajstić information content (AvgIpc) is 2.32. The van der Waals surface area contributed by atoms with E-state index in [1.165, 1.54) is 0 Å². The van der Waals surface area contributed by atoms with E-state index in [0.29, 0.717) is 11.3 Å². The molecule has 84 valence electrons. The minimum Gasteiger partial charge on any atom is -0.457 e. The van der Waals surface area contributed by atoms with Gasteiger partial charge in [0.2, 0.25) is 0 Å². The lowest BCUT2D eigenvalue weighted by Gasteiger charge is -2.08. The van der Waals surface area contributed by atoms with Crippen molar-refractivity contribution in [3.8, 4) is 17.6 Å². The van der Waals surface area contributed by atoms with Crippen molar-refractivity contribution in [3.63, 3.8) is 0 Å². The van der Waals surface area contributed by atoms with Crippen molar-refractivity contribution in [2.24, 2.45) is 0 Å². The molecule has 0 radical (unpaired) electrons. The molecule has 0 unspecified atom stereocenters. The number of hydrogen-bond acceptors (Lipinski definition) is 2. The van der Waals surface area contributed by atoms with Crippen LogP contribution in [0.2, 0.25) is 0 Å². The zero-order chi connectivity index (χ0) is 12.3. The fourth-order valence-electron chi connectivity index (χ4n) is 1.45. The monoisotopic (exact) mass is 287 g/mol. The van der Waals surface area contributed by atoms with E-state index in [4.69, 9.17) is 10.00 Å². The van der Waals surface area contributed by atoms with Gasteiger partial charge in [-0.1, -0.05) is 18.2 Å². The second-order valence-electron chi connectivity index (χ2n) is 3.62. The number of halogens is 1. The van der Waals surface area contributed by atoms with Crippen molar-refractivity contribution in [1.29, 1.82) is 5.26 Å². The van der Waals surface area contributed by atoms with Gasteiger partial charge in [0.1, 0.15) is 17.6 Å². The molecular formula is C14H10BrNO. The Morgan fingerprint density at radius 2 is 1.94 bits per heavy atom. The maximum atomic E-state index is 8.82. The predicted molar refractivity (Wildman–Crippen MR) is 70.1 cm³/mol. The van der Waals surface area contributed by atoms with Crippen molar-refractivity contribution in [1.82, 2.24) is 0 Å². The number of aryl methyl sites for hydroxylation is 1. The number of rotatable bonds is 2. The SMILES string of the molecule is Cc1ccccc1Oc1ccc(C#N)c(Br)c1. The van der Waals surface area contributed by atoms with Crippen LogP contribution >= 0.6 is 15.9 Å². The molecule has 0 aliphatic carbocycles. The lowest BCUT2D eigenvalue weighted by Crippen LogP contribution is -1.88. The predicted octanol–water partition coefficient (Wildman–Crippen LogP) is 4.42. The summed E-state index contributed by atoms with van der Waals surface area (Å²) in [5.74, 6) is 1.54. The molecule has 17 heavy (non-hydrogen) atoms. The van der Waals surface area contributed by atoms with E-state index >= 15 is 0 Å². The molecule has 0 aromatic heterocycles. The van der Waals surface area contributed by atoms with Crippen LogP contribution in [0.15, 0.2) is 46.9 Å². The van der Waals surface area contributed by atoms with Gasteiger partial charge in [-0.15, -0.1) is 0 Å². The van der Waals surface area contributed by atoms with Crippen LogP contribution in [-0.4, -0.2) is 0 Å². The Morgan fingerprint density at radius 3 is 2.59 bits per heavy atom. The van der Waals surface area contributed by atoms with E-state index in [1.54, 1.807) is 18.2 Å². The van der Waals surface area contributed by atoms with Gasteiger partial charge in [0, 0.05) is 4.47 Å². The second-order valence-corrected chi connectivity index (χ2v) is 4.48. The Labute approximate surface area is 109 Å². The van der Waals surface area contributed by atoms with Crippen LogP contribution in [0.25, 0.3) is 0 Å². The topological polar surface area (TPSA) is 33.0 Å². The molecule has 2 aromatic rings. The zero-order valence-electron chi connectivity index (χ0n) is 9.27. The zero-order valence-corrected chi connectivity index (χ0v) is 10.9. The Kier molecular flexibility index (Phi) is 3.46. The summed E-state index contributed by atoms with van der Waals surface area (Å²) in [6, 6.07) is 15.2. The molecule has 0 atom stereocenters. The number of para-hydroxylation sites is 1. The van der Waals surface area contributed by atoms with Gasteiger partial charge in [0.05, 0.1) is 5.56 Å². The Morgan fingerprint density at radius 1 is 1.18 bits per heavy atom. The summed E-state index contributed by atoms with van der Waals surface area (Å²) in [6.07, 6.45) is 0. The molecule has 0 aliphatic heterocycles. The summed E-state index contributed by atoms with van der Waals surface area (Å²) < 4.78 is 6.49. The molecule has 0 fully saturated rings. The molecule has 0 aliphatic rings. The maximum Gasteiger partial charge on any atom is 0.130 e. The number of hydrogen-bond donors (Lipinski definition) is 0. The second kappa shape index (κ2) is 5.03. The molecule has 2 aromatic carbocycles. The normalized spacial score (nSPS) is 9.71. The highest BCUT2D eigenvalue weighted by molar-refractivity contribution is 9.10. The largest absolute Gasteiger partial charge is 0.457 e. The molecule has 0 N–H and O–H groups in total. The lowest BCUT2D eigenvalue weighted by molar-refractivity contribution is 0.478. The highest BCUT2D eigenvalue weighted by Gasteiger charge is 2.04. The molecule has 0 spiro atoms. The first kappa shape index (κ1) is 11.7. The van der Waals surface area contributed by atoms with Crippen LogP contribution in [0.3, 0.4) is 0 Å². The standard InChI is InChI=1S/C14H10BrNO/c1-10-4-2-3-5-14(10)17-12-7-6-11(9-16)13(15)8-12/h2-8H,1H3. The van der Waals surface area contributed by atoms with Crippen LogP contribution in [-0.2, 0) is 0 Å². The number of ether oxygens (including phenoxy) is 1. The van der Waals surface area contributed by atoms with Crippen LogP contribution in [0, 0.1) is 18.3 Å². The van der Waals surface area contributed by atoms with Crippen LogP contribution in [0.5, 0.6) is 11.5 Å². The van der Waals surface area contributed by atoms with Crippen molar-refractivity contribution in [2.75, 3.05) is 0 Å². The Bertz CT molecular complexity index is 587. The summed E-state index contributed by atoms with van der Waals surface area (Å²) >= 11 is 3.34. The lowest BCUT2D eigenvalue weighted by atomic mass is 10.2. The summed E-state index contributed by atoms with van der Waals surface area (Å²) in [6.45, 7) is 1.99. The highest BCUT2D eigenvalue weighted by Crippen LogP contribution is 2.28. The molecule has 0 saturated carbocycles. The van der Waals surface area contributed by atoms with Gasteiger partial charge < -0.3 is 4.74 Å².